The zero-order chi connectivity index (χ0) is 25.3. The molecule has 194 valence electrons. The van der Waals surface area contributed by atoms with Gasteiger partial charge in [0.05, 0.1) is 6.04 Å². The van der Waals surface area contributed by atoms with Gasteiger partial charge in [-0.15, -0.1) is 0 Å². The number of hydrogen-bond donors (Lipinski definition) is 1. The van der Waals surface area contributed by atoms with E-state index in [1.165, 1.54) is 60.0 Å². The van der Waals surface area contributed by atoms with Crippen molar-refractivity contribution < 1.29 is 4.79 Å². The molecule has 2 bridgehead atoms. The molecule has 2 saturated carbocycles. The number of halogens is 1. The monoisotopic (exact) mass is 506 g/mol. The Morgan fingerprint density at radius 1 is 1.14 bits per heavy atom. The van der Waals surface area contributed by atoms with E-state index >= 15 is 0 Å². The zero-order valence-corrected chi connectivity index (χ0v) is 23.2. The second-order valence-electron chi connectivity index (χ2n) is 11.7. The van der Waals surface area contributed by atoms with Gasteiger partial charge in [0.1, 0.15) is 0 Å². The summed E-state index contributed by atoms with van der Waals surface area (Å²) in [5.41, 5.74) is 7.41. The van der Waals surface area contributed by atoms with E-state index in [-0.39, 0.29) is 6.04 Å². The quantitative estimate of drug-likeness (QED) is 0.445. The topological polar surface area (TPSA) is 32.3 Å². The predicted octanol–water partition coefficient (Wildman–Crippen LogP) is 7.71. The van der Waals surface area contributed by atoms with Crippen molar-refractivity contribution in [3.8, 4) is 0 Å². The fourth-order valence-corrected chi connectivity index (χ4v) is 8.14. The molecule has 1 N–H and O–H groups in total. The van der Waals surface area contributed by atoms with Crippen LogP contribution < -0.4 is 5.32 Å². The minimum absolute atomic E-state index is 0.239. The molecule has 0 aromatic heterocycles. The summed E-state index contributed by atoms with van der Waals surface area (Å²) >= 11 is 6.38. The molecule has 5 aliphatic rings. The standard InChI is InChI=1S/C30H37ClN2O.C2H6/c1-20-15-21-8-11-30(17-20,18-21)19-27(34)33-13-9-22(10-14-33)28-26-7-6-25(31)16-24(26)5-4-23-3-2-12-32-29(23)28;1-2/h2-3,6-7,12,16,20-21,29,32H,4-5,8-11,13-15,17-19H2,1H3;1-2H3. The molecule has 3 nitrogen and oxygen atoms in total. The van der Waals surface area contributed by atoms with E-state index < -0.39 is 0 Å². The number of aryl methyl sites for hydroxylation is 1. The number of piperidine rings is 1. The Balaban J connectivity index is 0.00000130. The van der Waals surface area contributed by atoms with Crippen LogP contribution in [0.25, 0.3) is 5.57 Å². The van der Waals surface area contributed by atoms with E-state index in [1.807, 2.05) is 19.9 Å². The number of hydrogen-bond acceptors (Lipinski definition) is 2. The van der Waals surface area contributed by atoms with Crippen molar-refractivity contribution >= 4 is 23.1 Å². The van der Waals surface area contributed by atoms with E-state index in [4.69, 9.17) is 11.6 Å². The molecule has 3 fully saturated rings. The van der Waals surface area contributed by atoms with Gasteiger partial charge in [0.15, 0.2) is 0 Å². The molecule has 2 aliphatic heterocycles. The molecule has 0 spiro atoms. The molecule has 1 amide bonds. The van der Waals surface area contributed by atoms with Gasteiger partial charge in [-0.2, -0.15) is 0 Å². The minimum atomic E-state index is 0.239. The van der Waals surface area contributed by atoms with Crippen molar-refractivity contribution in [3.63, 3.8) is 0 Å². The average Bonchev–Trinajstić information content (AvgIpc) is 3.09. The van der Waals surface area contributed by atoms with Crippen LogP contribution in [0.4, 0.5) is 0 Å². The van der Waals surface area contributed by atoms with Gasteiger partial charge in [-0.1, -0.05) is 50.1 Å². The maximum absolute atomic E-state index is 13.4. The fraction of sp³-hybridized carbons (Fsp3) is 0.594. The van der Waals surface area contributed by atoms with Crippen LogP contribution in [0.3, 0.4) is 0 Å². The van der Waals surface area contributed by atoms with Crippen molar-refractivity contribution in [3.05, 3.63) is 63.8 Å². The second kappa shape index (κ2) is 10.8. The molecule has 1 saturated heterocycles. The number of benzene rings is 1. The van der Waals surface area contributed by atoms with E-state index in [1.54, 1.807) is 0 Å². The first kappa shape index (κ1) is 25.6. The Bertz CT molecular complexity index is 1080. The molecular formula is C32H43ClN2O. The number of carbonyl (C=O) groups is 1. The lowest BCUT2D eigenvalue weighted by molar-refractivity contribution is -0.134. The van der Waals surface area contributed by atoms with Crippen LogP contribution in [-0.2, 0) is 11.2 Å². The smallest absolute Gasteiger partial charge is 0.223 e. The van der Waals surface area contributed by atoms with Crippen LogP contribution in [-0.4, -0.2) is 29.9 Å². The maximum Gasteiger partial charge on any atom is 0.223 e. The second-order valence-corrected chi connectivity index (χ2v) is 12.2. The van der Waals surface area contributed by atoms with Crippen molar-refractivity contribution in [2.24, 2.45) is 17.3 Å². The van der Waals surface area contributed by atoms with Gasteiger partial charge in [0.25, 0.3) is 0 Å². The predicted molar refractivity (Wildman–Crippen MR) is 151 cm³/mol. The number of allylic oxidation sites excluding steroid dienone is 2. The Hall–Kier alpha value is -2.00. The summed E-state index contributed by atoms with van der Waals surface area (Å²) in [7, 11) is 0. The highest BCUT2D eigenvalue weighted by molar-refractivity contribution is 6.30. The van der Waals surface area contributed by atoms with Crippen LogP contribution in [0.1, 0.15) is 89.7 Å². The molecule has 1 aromatic carbocycles. The Morgan fingerprint density at radius 3 is 2.75 bits per heavy atom. The van der Waals surface area contributed by atoms with Crippen LogP contribution in [0.15, 0.2) is 47.7 Å². The number of likely N-dealkylation sites (tertiary alicyclic amines) is 1. The number of amides is 1. The number of nitrogens with one attached hydrogen (secondary N) is 1. The molecule has 3 aliphatic carbocycles. The van der Waals surface area contributed by atoms with Crippen molar-refractivity contribution in [2.75, 3.05) is 13.1 Å². The summed E-state index contributed by atoms with van der Waals surface area (Å²) < 4.78 is 0. The molecule has 4 heteroatoms. The number of fused-ring (bicyclic) bond motifs is 4. The van der Waals surface area contributed by atoms with Crippen LogP contribution in [0, 0.1) is 17.3 Å². The number of carbonyl (C=O) groups excluding carboxylic acids is 1. The zero-order valence-electron chi connectivity index (χ0n) is 22.4. The number of rotatable bonds is 2. The highest BCUT2D eigenvalue weighted by atomic mass is 35.5. The van der Waals surface area contributed by atoms with Crippen molar-refractivity contribution in [1.82, 2.24) is 10.2 Å². The van der Waals surface area contributed by atoms with Gasteiger partial charge in [0.2, 0.25) is 5.91 Å². The fourth-order valence-electron chi connectivity index (χ4n) is 7.95. The summed E-state index contributed by atoms with van der Waals surface area (Å²) in [6.07, 6.45) is 17.8. The molecule has 2 heterocycles. The van der Waals surface area contributed by atoms with Gasteiger partial charge in [-0.3, -0.25) is 4.79 Å². The third kappa shape index (κ3) is 5.05. The first-order valence-electron chi connectivity index (χ1n) is 14.4. The Kier molecular flexibility index (Phi) is 7.67. The van der Waals surface area contributed by atoms with E-state index in [0.29, 0.717) is 11.3 Å². The number of dihydropyridines is 1. The van der Waals surface area contributed by atoms with Gasteiger partial charge in [-0.25, -0.2) is 0 Å². The van der Waals surface area contributed by atoms with Gasteiger partial charge >= 0.3 is 0 Å². The Morgan fingerprint density at radius 2 is 1.94 bits per heavy atom. The van der Waals surface area contributed by atoms with Gasteiger partial charge < -0.3 is 10.2 Å². The largest absolute Gasteiger partial charge is 0.380 e. The number of nitrogens with zero attached hydrogens (tertiary/aromatic N) is 1. The summed E-state index contributed by atoms with van der Waals surface area (Å²) in [6.45, 7) is 8.11. The van der Waals surface area contributed by atoms with Crippen molar-refractivity contribution in [1.29, 1.82) is 0 Å². The van der Waals surface area contributed by atoms with E-state index in [2.05, 4.69) is 47.6 Å². The van der Waals surface area contributed by atoms with Crippen LogP contribution in [0.2, 0.25) is 5.02 Å². The molecule has 36 heavy (non-hydrogen) atoms. The van der Waals surface area contributed by atoms with E-state index in [9.17, 15) is 4.79 Å². The molecule has 4 unspecified atom stereocenters. The summed E-state index contributed by atoms with van der Waals surface area (Å²) in [6, 6.07) is 6.65. The molecular weight excluding hydrogens is 464 g/mol. The van der Waals surface area contributed by atoms with E-state index in [0.717, 1.165) is 62.1 Å². The normalized spacial score (nSPS) is 30.8. The highest BCUT2D eigenvalue weighted by Crippen LogP contribution is 2.55. The lowest BCUT2D eigenvalue weighted by Crippen LogP contribution is -2.41. The molecule has 6 rings (SSSR count). The lowest BCUT2D eigenvalue weighted by atomic mass is 9.69. The minimum Gasteiger partial charge on any atom is -0.380 e. The van der Waals surface area contributed by atoms with Crippen LogP contribution in [0.5, 0.6) is 0 Å². The SMILES string of the molecule is CC.CC1CC2CCC(CC(=O)N3CCC(=C4c5ccc(Cl)cc5CCC5=CC=CNC54)CC3)(C1)C2. The van der Waals surface area contributed by atoms with Gasteiger partial charge in [-0.05, 0) is 122 Å². The third-order valence-electron chi connectivity index (χ3n) is 9.32. The highest BCUT2D eigenvalue weighted by Gasteiger charge is 2.46. The summed E-state index contributed by atoms with van der Waals surface area (Å²) in [5.74, 6) is 2.07. The lowest BCUT2D eigenvalue weighted by Gasteiger charge is -2.39. The average molecular weight is 507 g/mol. The first-order valence-corrected chi connectivity index (χ1v) is 14.8. The molecule has 1 aromatic rings. The van der Waals surface area contributed by atoms with Crippen LogP contribution >= 0.6 is 11.6 Å². The van der Waals surface area contributed by atoms with Crippen molar-refractivity contribution in [2.45, 2.75) is 91.0 Å². The third-order valence-corrected chi connectivity index (χ3v) is 9.55. The maximum atomic E-state index is 13.4. The molecule has 0 radical (unpaired) electrons. The summed E-state index contributed by atoms with van der Waals surface area (Å²) in [5, 5.41) is 4.47. The Labute approximate surface area is 223 Å². The van der Waals surface area contributed by atoms with Gasteiger partial charge in [0, 0.05) is 24.5 Å². The first-order chi connectivity index (χ1) is 17.5. The molecule has 4 atom stereocenters. The summed E-state index contributed by atoms with van der Waals surface area (Å²) in [4.78, 5) is 15.6.